The first-order chi connectivity index (χ1) is 20.5. The summed E-state index contributed by atoms with van der Waals surface area (Å²) in [6.07, 6.45) is -1.03. The Morgan fingerprint density at radius 1 is 0.837 bits per heavy atom. The van der Waals surface area contributed by atoms with Gasteiger partial charge in [-0.25, -0.2) is 9.37 Å². The number of hydrogen-bond acceptors (Lipinski definition) is 12. The molecule has 0 amide bonds. The third-order valence-corrected chi connectivity index (χ3v) is 8.07. The summed E-state index contributed by atoms with van der Waals surface area (Å²) in [5.41, 5.74) is 0.612. The van der Waals surface area contributed by atoms with Crippen molar-refractivity contribution in [3.05, 3.63) is 46.1 Å². The summed E-state index contributed by atoms with van der Waals surface area (Å²) in [4.78, 5) is 54.9. The molecule has 3 aromatic heterocycles. The number of benzene rings is 1. The van der Waals surface area contributed by atoms with Crippen LogP contribution >= 0.6 is 22.7 Å². The highest BCUT2D eigenvalue weighted by molar-refractivity contribution is 7.21. The lowest BCUT2D eigenvalue weighted by atomic mass is 10.1. The standard InChI is InChI=1S/C28H25FN2O10S2/c1-13(12-41-27-18(39-3)10-21-26(30-27)31-28(43-21)16(33)5-7-23(36)37)11-40-25-17(38-2)9-19-14(24(25)29)8-20(42-19)15(32)4-6-22(34)35/h8-10H,1,4-7,11-12H2,2-3H3,(H,34,35)(H,36,37). The Bertz CT molecular complexity index is 1750. The molecule has 0 aliphatic heterocycles. The lowest BCUT2D eigenvalue weighted by Crippen LogP contribution is -2.11. The quantitative estimate of drug-likeness (QED) is 0.123. The van der Waals surface area contributed by atoms with Gasteiger partial charge in [-0.05, 0) is 11.6 Å². The summed E-state index contributed by atoms with van der Waals surface area (Å²) in [7, 11) is 2.75. The van der Waals surface area contributed by atoms with E-state index in [-0.39, 0.29) is 82.9 Å². The lowest BCUT2D eigenvalue weighted by molar-refractivity contribution is -0.137. The number of aliphatic carboxylic acids is 2. The van der Waals surface area contributed by atoms with E-state index < -0.39 is 29.3 Å². The molecule has 0 atom stereocenters. The van der Waals surface area contributed by atoms with Crippen LogP contribution < -0.4 is 18.9 Å². The second kappa shape index (κ2) is 13.6. The topological polar surface area (TPSA) is 171 Å². The van der Waals surface area contributed by atoms with Crippen molar-refractivity contribution in [3.8, 4) is 23.1 Å². The number of Topliss-reactive ketones (excluding diaryl/α,β-unsaturated/α-hetero) is 2. The molecule has 2 N–H and O–H groups in total. The molecular weight excluding hydrogens is 607 g/mol. The SMILES string of the molecule is C=C(COc1nc2nc(C(=O)CCC(=O)O)sc2cc1OC)COc1c(OC)cc2sc(C(=O)CCC(=O)O)cc2c1F. The number of carboxylic acid groups (broad SMARTS) is 2. The molecule has 226 valence electrons. The summed E-state index contributed by atoms with van der Waals surface area (Å²) >= 11 is 2.09. The van der Waals surface area contributed by atoms with Crippen molar-refractivity contribution in [1.29, 1.82) is 0 Å². The number of carbonyl (C=O) groups is 4. The number of rotatable bonds is 16. The van der Waals surface area contributed by atoms with Crippen LogP contribution in [-0.4, -0.2) is 71.1 Å². The van der Waals surface area contributed by atoms with Crippen molar-refractivity contribution in [3.63, 3.8) is 0 Å². The Morgan fingerprint density at radius 2 is 1.47 bits per heavy atom. The van der Waals surface area contributed by atoms with Crippen molar-refractivity contribution in [2.45, 2.75) is 25.7 Å². The average molecular weight is 633 g/mol. The van der Waals surface area contributed by atoms with E-state index in [4.69, 9.17) is 29.2 Å². The largest absolute Gasteiger partial charge is 0.493 e. The van der Waals surface area contributed by atoms with Gasteiger partial charge >= 0.3 is 11.9 Å². The first-order valence-electron chi connectivity index (χ1n) is 12.6. The number of halogens is 1. The number of aromatic nitrogens is 2. The summed E-state index contributed by atoms with van der Waals surface area (Å²) in [5.74, 6) is -3.53. The Hall–Kier alpha value is -4.63. The molecule has 4 aromatic rings. The van der Waals surface area contributed by atoms with Crippen molar-refractivity contribution >= 4 is 66.6 Å². The minimum Gasteiger partial charge on any atom is -0.493 e. The Labute approximate surface area is 251 Å². The van der Waals surface area contributed by atoms with Crippen molar-refractivity contribution < 1.29 is 52.7 Å². The van der Waals surface area contributed by atoms with E-state index in [9.17, 15) is 19.2 Å². The number of thiazole rings is 1. The van der Waals surface area contributed by atoms with Gasteiger partial charge in [-0.3, -0.25) is 19.2 Å². The molecule has 12 nitrogen and oxygen atoms in total. The van der Waals surface area contributed by atoms with E-state index in [0.717, 1.165) is 22.7 Å². The predicted octanol–water partition coefficient (Wildman–Crippen LogP) is 5.17. The highest BCUT2D eigenvalue weighted by Gasteiger charge is 2.22. The van der Waals surface area contributed by atoms with Gasteiger partial charge in [0, 0.05) is 35.1 Å². The first kappa shape index (κ1) is 31.3. The molecule has 0 unspecified atom stereocenters. The lowest BCUT2D eigenvalue weighted by Gasteiger charge is -2.14. The third-order valence-electron chi connectivity index (χ3n) is 5.92. The van der Waals surface area contributed by atoms with Gasteiger partial charge in [0.1, 0.15) is 13.2 Å². The highest BCUT2D eigenvalue weighted by Crippen LogP contribution is 2.40. The van der Waals surface area contributed by atoms with Crippen molar-refractivity contribution in [1.82, 2.24) is 9.97 Å². The number of methoxy groups -OCH3 is 2. The number of fused-ring (bicyclic) bond motifs is 2. The zero-order valence-electron chi connectivity index (χ0n) is 22.9. The molecule has 0 bridgehead atoms. The Morgan fingerprint density at radius 3 is 2.12 bits per heavy atom. The van der Waals surface area contributed by atoms with Crippen LogP contribution in [0.2, 0.25) is 0 Å². The molecule has 0 radical (unpaired) electrons. The summed E-state index contributed by atoms with van der Waals surface area (Å²) in [6, 6.07) is 4.49. The van der Waals surface area contributed by atoms with Crippen LogP contribution in [0.5, 0.6) is 23.1 Å². The third kappa shape index (κ3) is 7.42. The molecule has 0 saturated carbocycles. The van der Waals surface area contributed by atoms with Crippen LogP contribution in [0.4, 0.5) is 4.39 Å². The predicted molar refractivity (Wildman–Crippen MR) is 155 cm³/mol. The average Bonchev–Trinajstić information content (AvgIpc) is 3.60. The molecule has 15 heteroatoms. The molecular formula is C28H25FN2O10S2. The van der Waals surface area contributed by atoms with Gasteiger partial charge in [-0.1, -0.05) is 6.58 Å². The molecule has 0 fully saturated rings. The van der Waals surface area contributed by atoms with E-state index >= 15 is 4.39 Å². The monoisotopic (exact) mass is 632 g/mol. The van der Waals surface area contributed by atoms with Gasteiger partial charge in [0.2, 0.25) is 0 Å². The maximum atomic E-state index is 15.5. The number of ether oxygens (including phenoxy) is 4. The normalized spacial score (nSPS) is 11.0. The molecule has 43 heavy (non-hydrogen) atoms. The van der Waals surface area contributed by atoms with Crippen LogP contribution in [0, 0.1) is 5.82 Å². The minimum atomic E-state index is -1.10. The fourth-order valence-corrected chi connectivity index (χ4v) is 5.74. The number of nitrogens with zero attached hydrogens (tertiary/aromatic N) is 2. The summed E-state index contributed by atoms with van der Waals surface area (Å²) in [6.45, 7) is 3.62. The van der Waals surface area contributed by atoms with E-state index in [2.05, 4.69) is 16.5 Å². The van der Waals surface area contributed by atoms with Gasteiger partial charge in [-0.15, -0.1) is 22.7 Å². The summed E-state index contributed by atoms with van der Waals surface area (Å²) in [5, 5.41) is 17.9. The zero-order valence-corrected chi connectivity index (χ0v) is 24.6. The molecule has 0 aliphatic carbocycles. The number of ketones is 2. The fraction of sp³-hybridized carbons (Fsp3) is 0.286. The molecule has 3 heterocycles. The number of carboxylic acids is 2. The number of carbonyl (C=O) groups excluding carboxylic acids is 2. The Kier molecular flexibility index (Phi) is 9.88. The van der Waals surface area contributed by atoms with Crippen LogP contribution in [0.1, 0.15) is 45.2 Å². The highest BCUT2D eigenvalue weighted by atomic mass is 32.1. The van der Waals surface area contributed by atoms with E-state index in [1.165, 1.54) is 26.4 Å². The number of pyridine rings is 1. The summed E-state index contributed by atoms with van der Waals surface area (Å²) < 4.78 is 38.5. The van der Waals surface area contributed by atoms with Crippen molar-refractivity contribution in [2.75, 3.05) is 27.4 Å². The first-order valence-corrected chi connectivity index (χ1v) is 14.2. The second-order valence-electron chi connectivity index (χ2n) is 9.04. The molecule has 0 spiro atoms. The van der Waals surface area contributed by atoms with Gasteiger partial charge in [0.25, 0.3) is 5.88 Å². The van der Waals surface area contributed by atoms with Crippen LogP contribution in [-0.2, 0) is 9.59 Å². The van der Waals surface area contributed by atoms with Gasteiger partial charge in [0.15, 0.2) is 45.3 Å². The molecule has 1 aromatic carbocycles. The fourth-order valence-electron chi connectivity index (χ4n) is 3.78. The van der Waals surface area contributed by atoms with E-state index in [1.54, 1.807) is 6.07 Å². The van der Waals surface area contributed by atoms with E-state index in [0.29, 0.717) is 15.0 Å². The number of hydrogen-bond donors (Lipinski definition) is 2. The minimum absolute atomic E-state index is 0.0644. The Balaban J connectivity index is 1.44. The van der Waals surface area contributed by atoms with Gasteiger partial charge in [-0.2, -0.15) is 4.98 Å². The smallest absolute Gasteiger partial charge is 0.303 e. The van der Waals surface area contributed by atoms with Crippen LogP contribution in [0.25, 0.3) is 20.4 Å². The molecule has 0 aliphatic rings. The second-order valence-corrected chi connectivity index (χ2v) is 11.2. The van der Waals surface area contributed by atoms with Gasteiger partial charge < -0.3 is 29.2 Å². The molecule has 0 saturated heterocycles. The zero-order chi connectivity index (χ0) is 31.3. The maximum Gasteiger partial charge on any atom is 0.303 e. The van der Waals surface area contributed by atoms with Crippen LogP contribution in [0.3, 0.4) is 0 Å². The van der Waals surface area contributed by atoms with Crippen LogP contribution in [0.15, 0.2) is 30.4 Å². The maximum absolute atomic E-state index is 15.5. The number of thiophene rings is 1. The molecule has 4 rings (SSSR count). The van der Waals surface area contributed by atoms with E-state index in [1.807, 2.05) is 0 Å². The van der Waals surface area contributed by atoms with Crippen molar-refractivity contribution in [2.24, 2.45) is 0 Å². The van der Waals surface area contributed by atoms with Gasteiger partial charge in [0.05, 0.1) is 36.6 Å².